The maximum absolute atomic E-state index is 10.9. The molecular weight excluding hydrogens is 192 g/mol. The van der Waals surface area contributed by atoms with E-state index in [1.165, 1.54) is 6.92 Å². The van der Waals surface area contributed by atoms with Crippen molar-refractivity contribution in [1.82, 2.24) is 4.98 Å². The van der Waals surface area contributed by atoms with Crippen LogP contribution < -0.4 is 5.73 Å². The van der Waals surface area contributed by atoms with Crippen LogP contribution in [0.1, 0.15) is 36.3 Å². The third-order valence-corrected chi connectivity index (χ3v) is 2.81. The van der Waals surface area contributed by atoms with E-state index in [4.69, 9.17) is 10.5 Å². The van der Waals surface area contributed by atoms with Gasteiger partial charge in [0, 0.05) is 6.92 Å². The van der Waals surface area contributed by atoms with Gasteiger partial charge in [-0.1, -0.05) is 0 Å². The number of rotatable bonds is 1. The second-order valence-electron chi connectivity index (χ2n) is 3.84. The fourth-order valence-corrected chi connectivity index (χ4v) is 2.00. The van der Waals surface area contributed by atoms with Gasteiger partial charge < -0.3 is 10.5 Å². The number of fused-ring (bicyclic) bond motifs is 1. The highest BCUT2D eigenvalue weighted by Gasteiger charge is 2.28. The summed E-state index contributed by atoms with van der Waals surface area (Å²) in [7, 11) is 0. The van der Waals surface area contributed by atoms with Crippen molar-refractivity contribution in [2.45, 2.75) is 32.8 Å². The van der Waals surface area contributed by atoms with Crippen LogP contribution in [0.15, 0.2) is 6.20 Å². The fourth-order valence-electron chi connectivity index (χ4n) is 2.00. The van der Waals surface area contributed by atoms with Crippen LogP contribution in [0.25, 0.3) is 0 Å². The molecule has 2 N–H and O–H groups in total. The molecule has 1 aromatic heterocycles. The van der Waals surface area contributed by atoms with Crippen LogP contribution in [0.2, 0.25) is 0 Å². The number of nitrogen functional groups attached to an aromatic ring is 1. The van der Waals surface area contributed by atoms with Gasteiger partial charge in [0.05, 0.1) is 17.6 Å². The zero-order chi connectivity index (χ0) is 11.0. The van der Waals surface area contributed by atoms with Gasteiger partial charge in [0.15, 0.2) is 0 Å². The first-order valence-corrected chi connectivity index (χ1v) is 5.00. The first-order valence-electron chi connectivity index (χ1n) is 5.00. The van der Waals surface area contributed by atoms with Crippen LogP contribution in [0.3, 0.4) is 0 Å². The Labute approximate surface area is 88.4 Å². The average Bonchev–Trinajstić information content (AvgIpc) is 2.55. The molecule has 80 valence electrons. The minimum Gasteiger partial charge on any atom is -0.456 e. The zero-order valence-corrected chi connectivity index (χ0v) is 8.91. The van der Waals surface area contributed by atoms with Crippen molar-refractivity contribution in [2.75, 3.05) is 5.73 Å². The molecule has 0 aromatic carbocycles. The lowest BCUT2D eigenvalue weighted by molar-refractivity contribution is -0.146. The van der Waals surface area contributed by atoms with E-state index in [0.717, 1.165) is 29.7 Å². The van der Waals surface area contributed by atoms with Crippen LogP contribution in [0.4, 0.5) is 5.69 Å². The molecule has 0 amide bonds. The minimum absolute atomic E-state index is 0.184. The molecule has 0 bridgehead atoms. The number of nitrogens with two attached hydrogens (primary N) is 1. The summed E-state index contributed by atoms with van der Waals surface area (Å²) < 4.78 is 5.19. The third kappa shape index (κ3) is 1.67. The van der Waals surface area contributed by atoms with Gasteiger partial charge in [0.25, 0.3) is 0 Å². The predicted octanol–water partition coefficient (Wildman–Crippen LogP) is 1.52. The molecule has 1 unspecified atom stereocenters. The summed E-state index contributed by atoms with van der Waals surface area (Å²) >= 11 is 0. The molecular formula is C11H14N2O2. The van der Waals surface area contributed by atoms with E-state index in [1.54, 1.807) is 6.20 Å². The van der Waals surface area contributed by atoms with E-state index in [1.807, 2.05) is 6.92 Å². The standard InChI is InChI=1S/C11H14N2O2/c1-6-8-3-4-10(15-7(2)14)11(8)13-5-9(6)12/h5,10H,3-4,12H2,1-2H3. The van der Waals surface area contributed by atoms with Crippen molar-refractivity contribution in [2.24, 2.45) is 0 Å². The largest absolute Gasteiger partial charge is 0.456 e. The summed E-state index contributed by atoms with van der Waals surface area (Å²) in [6.45, 7) is 3.40. The Hall–Kier alpha value is -1.58. The molecule has 0 fully saturated rings. The molecule has 0 radical (unpaired) electrons. The molecule has 2 rings (SSSR count). The maximum Gasteiger partial charge on any atom is 0.303 e. The summed E-state index contributed by atoms with van der Waals surface area (Å²) in [5.41, 5.74) is 9.55. The van der Waals surface area contributed by atoms with Crippen molar-refractivity contribution in [3.63, 3.8) is 0 Å². The molecule has 1 aliphatic rings. The number of ether oxygens (including phenoxy) is 1. The SMILES string of the molecule is CC(=O)OC1CCc2c1ncc(N)c2C. The molecule has 0 spiro atoms. The van der Waals surface area contributed by atoms with Crippen LogP contribution in [-0.2, 0) is 16.0 Å². The number of nitrogens with zero attached hydrogens (tertiary/aromatic N) is 1. The van der Waals surface area contributed by atoms with E-state index in [9.17, 15) is 4.79 Å². The number of aromatic nitrogens is 1. The lowest BCUT2D eigenvalue weighted by Crippen LogP contribution is -2.07. The summed E-state index contributed by atoms with van der Waals surface area (Å²) in [5, 5.41) is 0. The molecule has 0 saturated heterocycles. The van der Waals surface area contributed by atoms with E-state index in [-0.39, 0.29) is 12.1 Å². The molecule has 4 nitrogen and oxygen atoms in total. The summed E-state index contributed by atoms with van der Waals surface area (Å²) in [6, 6.07) is 0. The van der Waals surface area contributed by atoms with Crippen molar-refractivity contribution in [1.29, 1.82) is 0 Å². The monoisotopic (exact) mass is 206 g/mol. The van der Waals surface area contributed by atoms with Gasteiger partial charge in [0.1, 0.15) is 6.10 Å². The highest BCUT2D eigenvalue weighted by molar-refractivity contribution is 5.66. The molecule has 4 heteroatoms. The molecule has 0 saturated carbocycles. The highest BCUT2D eigenvalue weighted by atomic mass is 16.5. The van der Waals surface area contributed by atoms with Crippen molar-refractivity contribution < 1.29 is 9.53 Å². The van der Waals surface area contributed by atoms with E-state index in [0.29, 0.717) is 5.69 Å². The number of hydrogen-bond donors (Lipinski definition) is 1. The number of esters is 1. The Bertz CT molecular complexity index is 415. The van der Waals surface area contributed by atoms with Gasteiger partial charge >= 0.3 is 5.97 Å². The van der Waals surface area contributed by atoms with Crippen LogP contribution in [0.5, 0.6) is 0 Å². The Morgan fingerprint density at radius 3 is 3.07 bits per heavy atom. The predicted molar refractivity (Wildman–Crippen MR) is 56.2 cm³/mol. The van der Waals surface area contributed by atoms with Gasteiger partial charge in [-0.2, -0.15) is 0 Å². The Morgan fingerprint density at radius 2 is 2.40 bits per heavy atom. The van der Waals surface area contributed by atoms with Crippen LogP contribution >= 0.6 is 0 Å². The van der Waals surface area contributed by atoms with Gasteiger partial charge in [-0.05, 0) is 30.9 Å². The molecule has 1 aromatic rings. The topological polar surface area (TPSA) is 65.2 Å². The second-order valence-corrected chi connectivity index (χ2v) is 3.84. The zero-order valence-electron chi connectivity index (χ0n) is 8.91. The Morgan fingerprint density at radius 1 is 1.67 bits per heavy atom. The Kier molecular flexibility index (Phi) is 2.34. The Balaban J connectivity index is 2.36. The van der Waals surface area contributed by atoms with Crippen molar-refractivity contribution >= 4 is 11.7 Å². The molecule has 1 atom stereocenters. The van der Waals surface area contributed by atoms with E-state index < -0.39 is 0 Å². The molecule has 15 heavy (non-hydrogen) atoms. The van der Waals surface area contributed by atoms with Crippen LogP contribution in [-0.4, -0.2) is 11.0 Å². The number of carbonyl (C=O) groups excluding carboxylic acids is 1. The van der Waals surface area contributed by atoms with Crippen LogP contribution in [0, 0.1) is 6.92 Å². The number of anilines is 1. The number of pyridine rings is 1. The number of carbonyl (C=O) groups is 1. The van der Waals surface area contributed by atoms with Gasteiger partial charge in [0.2, 0.25) is 0 Å². The average molecular weight is 206 g/mol. The quantitative estimate of drug-likeness (QED) is 0.707. The fraction of sp³-hybridized carbons (Fsp3) is 0.455. The first kappa shape index (κ1) is 9.96. The van der Waals surface area contributed by atoms with E-state index in [2.05, 4.69) is 4.98 Å². The first-order chi connectivity index (χ1) is 7.09. The van der Waals surface area contributed by atoms with Crippen molar-refractivity contribution in [3.8, 4) is 0 Å². The normalized spacial score (nSPS) is 18.7. The lowest BCUT2D eigenvalue weighted by atomic mass is 10.1. The highest BCUT2D eigenvalue weighted by Crippen LogP contribution is 2.35. The summed E-state index contributed by atoms with van der Waals surface area (Å²) in [5.74, 6) is -0.260. The van der Waals surface area contributed by atoms with Gasteiger partial charge in [-0.15, -0.1) is 0 Å². The van der Waals surface area contributed by atoms with Crippen molar-refractivity contribution in [3.05, 3.63) is 23.0 Å². The van der Waals surface area contributed by atoms with Gasteiger partial charge in [-0.25, -0.2) is 0 Å². The summed E-state index contributed by atoms with van der Waals surface area (Å²) in [6.07, 6.45) is 3.15. The van der Waals surface area contributed by atoms with E-state index >= 15 is 0 Å². The van der Waals surface area contributed by atoms with Gasteiger partial charge in [-0.3, -0.25) is 9.78 Å². The summed E-state index contributed by atoms with van der Waals surface area (Å²) in [4.78, 5) is 15.1. The molecule has 1 heterocycles. The maximum atomic E-state index is 10.9. The number of hydrogen-bond acceptors (Lipinski definition) is 4. The smallest absolute Gasteiger partial charge is 0.303 e. The molecule has 0 aliphatic heterocycles. The lowest BCUT2D eigenvalue weighted by Gasteiger charge is -2.11. The second kappa shape index (κ2) is 3.53. The third-order valence-electron chi connectivity index (χ3n) is 2.81. The molecule has 1 aliphatic carbocycles. The minimum atomic E-state index is -0.260.